The molecule has 2 amide bonds. The summed E-state index contributed by atoms with van der Waals surface area (Å²) >= 11 is 12.1. The van der Waals surface area contributed by atoms with Crippen molar-refractivity contribution in [3.63, 3.8) is 0 Å². The second-order valence-electron chi connectivity index (χ2n) is 7.11. The first-order valence-electron chi connectivity index (χ1n) is 9.60. The van der Waals surface area contributed by atoms with E-state index >= 15 is 0 Å². The van der Waals surface area contributed by atoms with Gasteiger partial charge in [0.25, 0.3) is 17.5 Å². The number of fused-ring (bicyclic) bond motifs is 1. The molecule has 170 valence electrons. The van der Waals surface area contributed by atoms with Crippen molar-refractivity contribution in [1.82, 2.24) is 0 Å². The van der Waals surface area contributed by atoms with Crippen molar-refractivity contribution in [1.29, 1.82) is 0 Å². The van der Waals surface area contributed by atoms with Gasteiger partial charge in [0.15, 0.2) is 6.61 Å². The molecule has 1 heterocycles. The minimum Gasteiger partial charge on any atom is -0.454 e. The van der Waals surface area contributed by atoms with Crippen molar-refractivity contribution in [3.8, 4) is 0 Å². The summed E-state index contributed by atoms with van der Waals surface area (Å²) in [5, 5.41) is 11.3. The maximum atomic E-state index is 12.9. The highest BCUT2D eigenvalue weighted by atomic mass is 35.5. The number of halogens is 2. The summed E-state index contributed by atoms with van der Waals surface area (Å²) in [6, 6.07) is 13.1. The molecular formula is C23H12Cl2N2O7. The van der Waals surface area contributed by atoms with Crippen LogP contribution in [0.3, 0.4) is 0 Å². The highest BCUT2D eigenvalue weighted by Crippen LogP contribution is 2.35. The highest BCUT2D eigenvalue weighted by molar-refractivity contribution is 6.41. The Morgan fingerprint density at radius 2 is 1.65 bits per heavy atom. The third-order valence-electron chi connectivity index (χ3n) is 4.98. The van der Waals surface area contributed by atoms with E-state index in [1.54, 1.807) is 0 Å². The van der Waals surface area contributed by atoms with Crippen LogP contribution in [0.2, 0.25) is 10.0 Å². The number of nitrogens with zero attached hydrogens (tertiary/aromatic N) is 2. The molecule has 0 aromatic heterocycles. The van der Waals surface area contributed by atoms with Gasteiger partial charge >= 0.3 is 5.97 Å². The Morgan fingerprint density at radius 1 is 0.912 bits per heavy atom. The fourth-order valence-electron chi connectivity index (χ4n) is 3.33. The fraction of sp³-hybridized carbons (Fsp3) is 0.0435. The van der Waals surface area contributed by atoms with E-state index in [2.05, 4.69) is 0 Å². The number of esters is 1. The van der Waals surface area contributed by atoms with E-state index in [-0.39, 0.29) is 43.7 Å². The van der Waals surface area contributed by atoms with Crippen LogP contribution < -0.4 is 4.90 Å². The average Bonchev–Trinajstić information content (AvgIpc) is 3.08. The molecule has 0 N–H and O–H groups in total. The summed E-state index contributed by atoms with van der Waals surface area (Å²) in [4.78, 5) is 61.5. The molecule has 1 aliphatic heterocycles. The van der Waals surface area contributed by atoms with Crippen LogP contribution in [-0.4, -0.2) is 35.1 Å². The number of hydrogen-bond acceptors (Lipinski definition) is 7. The number of imide groups is 1. The van der Waals surface area contributed by atoms with Gasteiger partial charge in [-0.2, -0.15) is 0 Å². The zero-order valence-corrected chi connectivity index (χ0v) is 18.5. The molecule has 9 nitrogen and oxygen atoms in total. The number of hydrogen-bond donors (Lipinski definition) is 0. The van der Waals surface area contributed by atoms with Crippen LogP contribution in [0.25, 0.3) is 0 Å². The standard InChI is InChI=1S/C23H12Cl2N2O7/c24-14-5-7-18(25)19(10-14)26-21(29)16-6-4-13(9-17(16)22(26)30)23(31)34-11-20(28)12-2-1-3-15(8-12)27(32)33/h1-10H,11H2. The number of carbonyl (C=O) groups excluding carboxylic acids is 4. The van der Waals surface area contributed by atoms with Crippen LogP contribution in [0.5, 0.6) is 0 Å². The summed E-state index contributed by atoms with van der Waals surface area (Å²) in [5.41, 5.74) is -0.210. The molecule has 3 aromatic carbocycles. The van der Waals surface area contributed by atoms with E-state index in [1.807, 2.05) is 0 Å². The van der Waals surface area contributed by atoms with Crippen LogP contribution in [0.1, 0.15) is 41.4 Å². The largest absolute Gasteiger partial charge is 0.454 e. The molecule has 0 aliphatic carbocycles. The smallest absolute Gasteiger partial charge is 0.338 e. The number of amides is 2. The van der Waals surface area contributed by atoms with Crippen LogP contribution in [-0.2, 0) is 4.74 Å². The zero-order chi connectivity index (χ0) is 24.6. The number of non-ortho nitro benzene ring substituents is 1. The summed E-state index contributed by atoms with van der Waals surface area (Å²) in [6.45, 7) is -0.672. The summed E-state index contributed by atoms with van der Waals surface area (Å²) < 4.78 is 5.01. The molecule has 0 atom stereocenters. The molecular weight excluding hydrogens is 487 g/mol. The molecule has 0 fully saturated rings. The van der Waals surface area contributed by atoms with Gasteiger partial charge in [-0.15, -0.1) is 0 Å². The van der Waals surface area contributed by atoms with Gasteiger partial charge in [-0.3, -0.25) is 24.5 Å². The highest BCUT2D eigenvalue weighted by Gasteiger charge is 2.38. The van der Waals surface area contributed by atoms with E-state index in [0.29, 0.717) is 0 Å². The van der Waals surface area contributed by atoms with Gasteiger partial charge < -0.3 is 4.74 Å². The van der Waals surface area contributed by atoms with E-state index in [4.69, 9.17) is 27.9 Å². The molecule has 0 spiro atoms. The number of anilines is 1. The first-order valence-corrected chi connectivity index (χ1v) is 10.4. The van der Waals surface area contributed by atoms with E-state index in [9.17, 15) is 29.3 Å². The number of nitro benzene ring substituents is 1. The number of Topliss-reactive ketones (excluding diaryl/α,β-unsaturated/α-hetero) is 1. The number of ether oxygens (including phenoxy) is 1. The lowest BCUT2D eigenvalue weighted by Gasteiger charge is -2.15. The van der Waals surface area contributed by atoms with Gasteiger partial charge in [0, 0.05) is 22.7 Å². The van der Waals surface area contributed by atoms with Crippen LogP contribution in [0.15, 0.2) is 60.7 Å². The van der Waals surface area contributed by atoms with Crippen molar-refractivity contribution in [2.24, 2.45) is 0 Å². The second kappa shape index (κ2) is 9.05. The SMILES string of the molecule is O=C(COC(=O)c1ccc2c(c1)C(=O)N(c1cc(Cl)ccc1Cl)C2=O)c1cccc([N+](=O)[O-])c1. The van der Waals surface area contributed by atoms with Gasteiger partial charge in [-0.1, -0.05) is 35.3 Å². The molecule has 0 saturated heterocycles. The summed E-state index contributed by atoms with van der Waals surface area (Å²) in [5.74, 6) is -2.90. The lowest BCUT2D eigenvalue weighted by atomic mass is 10.1. The first-order chi connectivity index (χ1) is 16.2. The lowest BCUT2D eigenvalue weighted by Crippen LogP contribution is -2.29. The molecule has 1 aliphatic rings. The second-order valence-corrected chi connectivity index (χ2v) is 7.95. The van der Waals surface area contributed by atoms with Gasteiger partial charge in [0.2, 0.25) is 5.78 Å². The third kappa shape index (κ3) is 4.26. The van der Waals surface area contributed by atoms with E-state index in [0.717, 1.165) is 11.0 Å². The maximum absolute atomic E-state index is 12.9. The number of nitro groups is 1. The van der Waals surface area contributed by atoms with E-state index < -0.39 is 35.1 Å². The number of carbonyl (C=O) groups is 4. The monoisotopic (exact) mass is 498 g/mol. The van der Waals surface area contributed by atoms with Gasteiger partial charge in [-0.25, -0.2) is 9.69 Å². The third-order valence-corrected chi connectivity index (χ3v) is 5.54. The fourth-order valence-corrected chi connectivity index (χ4v) is 3.70. The number of benzene rings is 3. The van der Waals surface area contributed by atoms with Crippen LogP contribution >= 0.6 is 23.2 Å². The van der Waals surface area contributed by atoms with Crippen LogP contribution in [0, 0.1) is 10.1 Å². The van der Waals surface area contributed by atoms with Crippen molar-refractivity contribution >= 4 is 58.1 Å². The quantitative estimate of drug-likeness (QED) is 0.158. The molecule has 0 bridgehead atoms. The van der Waals surface area contributed by atoms with Gasteiger partial charge in [0.05, 0.1) is 32.3 Å². The Balaban J connectivity index is 1.52. The van der Waals surface area contributed by atoms with Crippen molar-refractivity contribution in [2.75, 3.05) is 11.5 Å². The van der Waals surface area contributed by atoms with Crippen LogP contribution in [0.4, 0.5) is 11.4 Å². The first kappa shape index (κ1) is 23.1. The summed E-state index contributed by atoms with van der Waals surface area (Å²) in [6.07, 6.45) is 0. The molecule has 3 aromatic rings. The topological polar surface area (TPSA) is 124 Å². The molecule has 4 rings (SSSR count). The molecule has 11 heteroatoms. The van der Waals surface area contributed by atoms with Gasteiger partial charge in [-0.05, 0) is 36.4 Å². The number of rotatable bonds is 6. The average molecular weight is 499 g/mol. The minimum atomic E-state index is -0.916. The predicted molar refractivity (Wildman–Crippen MR) is 122 cm³/mol. The van der Waals surface area contributed by atoms with Crippen molar-refractivity contribution in [3.05, 3.63) is 103 Å². The molecule has 0 saturated carbocycles. The Morgan fingerprint density at radius 3 is 2.38 bits per heavy atom. The molecule has 0 unspecified atom stereocenters. The van der Waals surface area contributed by atoms with Crippen molar-refractivity contribution in [2.45, 2.75) is 0 Å². The predicted octanol–water partition coefficient (Wildman–Crippen LogP) is 4.74. The Bertz CT molecular complexity index is 1400. The Hall–Kier alpha value is -4.08. The normalized spacial score (nSPS) is 12.5. The Kier molecular flexibility index (Phi) is 6.14. The van der Waals surface area contributed by atoms with Gasteiger partial charge in [0.1, 0.15) is 0 Å². The van der Waals surface area contributed by atoms with E-state index in [1.165, 1.54) is 54.6 Å². The zero-order valence-electron chi connectivity index (χ0n) is 17.0. The molecule has 0 radical (unpaired) electrons. The lowest BCUT2D eigenvalue weighted by molar-refractivity contribution is -0.384. The summed E-state index contributed by atoms with van der Waals surface area (Å²) in [7, 11) is 0. The van der Waals surface area contributed by atoms with Crippen molar-refractivity contribution < 1.29 is 28.8 Å². The minimum absolute atomic E-state index is 0.00534. The maximum Gasteiger partial charge on any atom is 0.338 e. The number of ketones is 1. The molecule has 34 heavy (non-hydrogen) atoms. The Labute approximate surface area is 201 Å².